The summed E-state index contributed by atoms with van der Waals surface area (Å²) in [4.78, 5) is 34.1. The van der Waals surface area contributed by atoms with E-state index in [1.807, 2.05) is 32.9 Å². The number of carbonyl (C=O) groups excluding carboxylic acids is 2. The number of hydrogen-bond acceptors (Lipinski definition) is 5. The summed E-state index contributed by atoms with van der Waals surface area (Å²) in [7, 11) is 0. The normalized spacial score (nSPS) is 19.7. The molecule has 1 fully saturated rings. The van der Waals surface area contributed by atoms with E-state index in [-0.39, 0.29) is 18.3 Å². The number of aromatic nitrogens is 2. The predicted octanol–water partition coefficient (Wildman–Crippen LogP) is 2.93. The van der Waals surface area contributed by atoms with Crippen molar-refractivity contribution in [3.05, 3.63) is 40.0 Å². The van der Waals surface area contributed by atoms with Gasteiger partial charge in [-0.1, -0.05) is 6.07 Å². The summed E-state index contributed by atoms with van der Waals surface area (Å²) in [5.41, 5.74) is 10.0. The van der Waals surface area contributed by atoms with Crippen molar-refractivity contribution in [1.29, 1.82) is 0 Å². The molecule has 0 spiro atoms. The maximum absolute atomic E-state index is 12.2. The zero-order valence-corrected chi connectivity index (χ0v) is 15.5. The number of amides is 1. The summed E-state index contributed by atoms with van der Waals surface area (Å²) in [5.74, 6) is -0.134. The molecule has 0 aliphatic carbocycles. The topological polar surface area (TPSA) is 133 Å². The standard InChI is InChI=1S/C18H22N6O3/c1-18(2,3)17(26)27-16-11(6-7-20-16)15-21-12-5-4-10(8-13(12)22-15)9-14(25)23-24-19/h4-5,8,11,16,20H,6-7,9H2,1-3H3,(H,21,22)/t11-,16?/m0/s1. The van der Waals surface area contributed by atoms with Crippen LogP contribution in [0.5, 0.6) is 0 Å². The smallest absolute Gasteiger partial charge is 0.312 e. The Morgan fingerprint density at radius 2 is 2.19 bits per heavy atom. The van der Waals surface area contributed by atoms with Crippen molar-refractivity contribution in [1.82, 2.24) is 15.3 Å². The number of esters is 1. The molecule has 9 heteroatoms. The number of nitrogens with one attached hydrogen (secondary N) is 2. The van der Waals surface area contributed by atoms with Crippen molar-refractivity contribution in [2.75, 3.05) is 6.54 Å². The van der Waals surface area contributed by atoms with Crippen molar-refractivity contribution in [3.63, 3.8) is 0 Å². The van der Waals surface area contributed by atoms with Crippen LogP contribution in [0.1, 0.15) is 44.5 Å². The number of benzene rings is 1. The fourth-order valence-electron chi connectivity index (χ4n) is 2.99. The fraction of sp³-hybridized carbons (Fsp3) is 0.500. The maximum Gasteiger partial charge on any atom is 0.312 e. The molecule has 1 amide bonds. The molecule has 1 saturated heterocycles. The Bertz CT molecular complexity index is 923. The summed E-state index contributed by atoms with van der Waals surface area (Å²) in [6.07, 6.45) is 0.401. The molecule has 2 heterocycles. The quantitative estimate of drug-likeness (QED) is 0.369. The average Bonchev–Trinajstić information content (AvgIpc) is 3.19. The summed E-state index contributed by atoms with van der Waals surface area (Å²) in [6, 6.07) is 5.41. The summed E-state index contributed by atoms with van der Waals surface area (Å²) in [6.45, 7) is 6.19. The minimum atomic E-state index is -0.573. The van der Waals surface area contributed by atoms with Crippen LogP contribution < -0.4 is 5.32 Å². The van der Waals surface area contributed by atoms with Gasteiger partial charge in [0.25, 0.3) is 0 Å². The third-order valence-electron chi connectivity index (χ3n) is 4.44. The van der Waals surface area contributed by atoms with Gasteiger partial charge in [-0.3, -0.25) is 14.9 Å². The maximum atomic E-state index is 12.2. The number of carbonyl (C=O) groups is 2. The van der Waals surface area contributed by atoms with E-state index in [0.717, 1.165) is 35.4 Å². The van der Waals surface area contributed by atoms with E-state index in [9.17, 15) is 9.59 Å². The van der Waals surface area contributed by atoms with E-state index in [1.165, 1.54) is 0 Å². The second-order valence-electron chi connectivity index (χ2n) is 7.66. The van der Waals surface area contributed by atoms with Crippen LogP contribution in [-0.4, -0.2) is 34.6 Å². The first-order chi connectivity index (χ1) is 12.8. The Kier molecular flexibility index (Phi) is 5.16. The van der Waals surface area contributed by atoms with Crippen molar-refractivity contribution in [2.24, 2.45) is 10.5 Å². The lowest BCUT2D eigenvalue weighted by molar-refractivity contribution is -0.160. The second-order valence-corrected chi connectivity index (χ2v) is 7.66. The minimum absolute atomic E-state index is 0.0329. The summed E-state index contributed by atoms with van der Waals surface area (Å²) >= 11 is 0. The third-order valence-corrected chi connectivity index (χ3v) is 4.44. The van der Waals surface area contributed by atoms with Gasteiger partial charge in [0.15, 0.2) is 6.23 Å². The van der Waals surface area contributed by atoms with Crippen molar-refractivity contribution in [3.8, 4) is 0 Å². The molecule has 1 aliphatic rings. The molecule has 1 aromatic carbocycles. The number of hydrogen-bond donors (Lipinski definition) is 2. The number of fused-ring (bicyclic) bond motifs is 1. The highest BCUT2D eigenvalue weighted by molar-refractivity contribution is 5.82. The van der Waals surface area contributed by atoms with E-state index < -0.39 is 17.6 Å². The Morgan fingerprint density at radius 1 is 1.41 bits per heavy atom. The molecule has 0 bridgehead atoms. The van der Waals surface area contributed by atoms with Crippen LogP contribution in [0.25, 0.3) is 21.5 Å². The van der Waals surface area contributed by atoms with Gasteiger partial charge in [-0.15, -0.1) is 0 Å². The first kappa shape index (κ1) is 18.9. The van der Waals surface area contributed by atoms with Gasteiger partial charge >= 0.3 is 5.97 Å². The zero-order valence-electron chi connectivity index (χ0n) is 15.5. The van der Waals surface area contributed by atoms with E-state index in [4.69, 9.17) is 10.3 Å². The van der Waals surface area contributed by atoms with Gasteiger partial charge in [0.1, 0.15) is 5.82 Å². The number of ether oxygens (including phenoxy) is 1. The van der Waals surface area contributed by atoms with Gasteiger partial charge in [-0.2, -0.15) is 0 Å². The van der Waals surface area contributed by atoms with Crippen LogP contribution >= 0.6 is 0 Å². The molecule has 0 saturated carbocycles. The van der Waals surface area contributed by atoms with Gasteiger partial charge in [0.2, 0.25) is 5.91 Å². The van der Waals surface area contributed by atoms with Gasteiger partial charge in [-0.05, 0) is 62.1 Å². The van der Waals surface area contributed by atoms with Crippen LogP contribution in [0.2, 0.25) is 0 Å². The molecule has 1 unspecified atom stereocenters. The molecule has 3 rings (SSSR count). The highest BCUT2D eigenvalue weighted by Gasteiger charge is 2.36. The predicted molar refractivity (Wildman–Crippen MR) is 98.6 cm³/mol. The van der Waals surface area contributed by atoms with E-state index in [0.29, 0.717) is 0 Å². The first-order valence-corrected chi connectivity index (χ1v) is 8.79. The lowest BCUT2D eigenvalue weighted by atomic mass is 9.97. The SMILES string of the molecule is CC(C)(C)C(=O)OC1NCC[C@H]1c1nc2ccc(CC(=O)N=[N+]=[N-])cc2[nH]1. The lowest BCUT2D eigenvalue weighted by Gasteiger charge is -2.23. The van der Waals surface area contributed by atoms with E-state index >= 15 is 0 Å². The van der Waals surface area contributed by atoms with Gasteiger partial charge in [0, 0.05) is 11.3 Å². The number of azide groups is 1. The van der Waals surface area contributed by atoms with E-state index in [1.54, 1.807) is 6.07 Å². The highest BCUT2D eigenvalue weighted by atomic mass is 16.6. The fourth-order valence-corrected chi connectivity index (χ4v) is 2.99. The largest absolute Gasteiger partial charge is 0.445 e. The van der Waals surface area contributed by atoms with Crippen LogP contribution in [0.3, 0.4) is 0 Å². The Labute approximate surface area is 156 Å². The average molecular weight is 370 g/mol. The number of nitrogens with zero attached hydrogens (tertiary/aromatic N) is 4. The molecule has 142 valence electrons. The van der Waals surface area contributed by atoms with Crippen LogP contribution in [0.4, 0.5) is 0 Å². The van der Waals surface area contributed by atoms with Gasteiger partial charge in [-0.25, -0.2) is 4.98 Å². The van der Waals surface area contributed by atoms with Crippen LogP contribution in [0, 0.1) is 5.41 Å². The molecule has 0 radical (unpaired) electrons. The number of aromatic amines is 1. The minimum Gasteiger partial charge on any atom is -0.445 e. The van der Waals surface area contributed by atoms with Gasteiger partial charge in [0.05, 0.1) is 22.4 Å². The van der Waals surface area contributed by atoms with Crippen LogP contribution in [0.15, 0.2) is 23.3 Å². The monoisotopic (exact) mass is 370 g/mol. The Morgan fingerprint density at radius 3 is 2.89 bits per heavy atom. The zero-order chi connectivity index (χ0) is 19.6. The van der Waals surface area contributed by atoms with Crippen molar-refractivity contribution in [2.45, 2.75) is 45.8 Å². The lowest BCUT2D eigenvalue weighted by Crippen LogP contribution is -2.36. The molecule has 27 heavy (non-hydrogen) atoms. The third kappa shape index (κ3) is 4.27. The van der Waals surface area contributed by atoms with Crippen molar-refractivity contribution < 1.29 is 14.3 Å². The van der Waals surface area contributed by atoms with Crippen LogP contribution in [-0.2, 0) is 20.7 Å². The Hall–Kier alpha value is -2.90. The number of imidazole rings is 1. The Balaban J connectivity index is 1.80. The molecule has 1 aromatic heterocycles. The molecule has 1 aliphatic heterocycles. The van der Waals surface area contributed by atoms with Gasteiger partial charge < -0.3 is 9.72 Å². The summed E-state index contributed by atoms with van der Waals surface area (Å²) in [5, 5.41) is 6.29. The molecule has 2 atom stereocenters. The van der Waals surface area contributed by atoms with E-state index in [2.05, 4.69) is 25.3 Å². The summed E-state index contributed by atoms with van der Waals surface area (Å²) < 4.78 is 5.64. The van der Waals surface area contributed by atoms with Crippen molar-refractivity contribution >= 4 is 22.9 Å². The molecular weight excluding hydrogens is 348 g/mol. The molecule has 2 aromatic rings. The number of H-pyrrole nitrogens is 1. The highest BCUT2D eigenvalue weighted by Crippen LogP contribution is 2.30. The molecule has 9 nitrogen and oxygen atoms in total. The second kappa shape index (κ2) is 7.38. The number of rotatable bonds is 4. The first-order valence-electron chi connectivity index (χ1n) is 8.79. The molecular formula is C18H22N6O3. The molecule has 2 N–H and O–H groups in total.